The summed E-state index contributed by atoms with van der Waals surface area (Å²) in [6.07, 6.45) is 0. The minimum absolute atomic E-state index is 0.0621. The Morgan fingerprint density at radius 1 is 1.16 bits per heavy atom. The molecule has 1 rings (SSSR count). The van der Waals surface area contributed by atoms with Gasteiger partial charge in [0.05, 0.1) is 17.7 Å². The fourth-order valence-electron chi connectivity index (χ4n) is 1.32. The molecule has 0 aliphatic rings. The second-order valence-corrected chi connectivity index (χ2v) is 3.79. The number of rotatable bonds is 5. The molecule has 0 unspecified atom stereocenters. The average Bonchev–Trinajstić information content (AvgIpc) is 2.34. The third kappa shape index (κ3) is 4.34. The highest BCUT2D eigenvalue weighted by Gasteiger charge is 2.13. The maximum absolute atomic E-state index is 11.7. The van der Waals surface area contributed by atoms with Crippen LogP contribution < -0.4 is 11.5 Å². The van der Waals surface area contributed by atoms with E-state index < -0.39 is 11.9 Å². The molecule has 0 saturated heterocycles. The van der Waals surface area contributed by atoms with Crippen LogP contribution in [0.3, 0.4) is 0 Å². The summed E-state index contributed by atoms with van der Waals surface area (Å²) >= 11 is 0. The van der Waals surface area contributed by atoms with Crippen LogP contribution in [-0.4, -0.2) is 25.2 Å². The lowest BCUT2D eigenvalue weighted by Gasteiger charge is -2.08. The van der Waals surface area contributed by atoms with Gasteiger partial charge in [0.1, 0.15) is 6.61 Å². The van der Waals surface area contributed by atoms with E-state index in [4.69, 9.17) is 20.9 Å². The van der Waals surface area contributed by atoms with Crippen molar-refractivity contribution >= 4 is 23.3 Å². The Hall–Kier alpha value is -2.50. The molecule has 0 aliphatic carbocycles. The van der Waals surface area contributed by atoms with E-state index in [1.54, 1.807) is 6.92 Å². The Balaban J connectivity index is 2.60. The van der Waals surface area contributed by atoms with Crippen molar-refractivity contribution in [3.63, 3.8) is 0 Å². The molecule has 1 aromatic rings. The minimum Gasteiger partial charge on any atom is -0.463 e. The average molecular weight is 264 g/mol. The lowest BCUT2D eigenvalue weighted by molar-refractivity contribution is -0.138. The topological polar surface area (TPSA) is 105 Å². The molecule has 0 fully saturated rings. The fourth-order valence-corrected chi connectivity index (χ4v) is 1.32. The molecule has 6 heteroatoms. The third-order valence-electron chi connectivity index (χ3n) is 2.15. The van der Waals surface area contributed by atoms with Crippen molar-refractivity contribution in [2.45, 2.75) is 6.92 Å². The van der Waals surface area contributed by atoms with E-state index in [2.05, 4.69) is 6.58 Å². The van der Waals surface area contributed by atoms with Gasteiger partial charge in [0, 0.05) is 11.4 Å². The highest BCUT2D eigenvalue weighted by atomic mass is 16.5. The molecule has 1 aromatic carbocycles. The van der Waals surface area contributed by atoms with E-state index in [1.165, 1.54) is 18.2 Å². The Bertz CT molecular complexity index is 491. The molecule has 0 heterocycles. The predicted molar refractivity (Wildman–Crippen MR) is 71.3 cm³/mol. The Kier molecular flexibility index (Phi) is 4.93. The smallest absolute Gasteiger partial charge is 0.338 e. The third-order valence-corrected chi connectivity index (χ3v) is 2.15. The second kappa shape index (κ2) is 6.44. The summed E-state index contributed by atoms with van der Waals surface area (Å²) < 4.78 is 9.63. The highest BCUT2D eigenvalue weighted by Crippen LogP contribution is 2.14. The van der Waals surface area contributed by atoms with Crippen LogP contribution in [-0.2, 0) is 14.3 Å². The van der Waals surface area contributed by atoms with Gasteiger partial charge in [-0.15, -0.1) is 0 Å². The van der Waals surface area contributed by atoms with Gasteiger partial charge >= 0.3 is 11.9 Å². The molecule has 0 saturated carbocycles. The first-order valence-electron chi connectivity index (χ1n) is 5.62. The van der Waals surface area contributed by atoms with Crippen LogP contribution in [0.4, 0.5) is 11.4 Å². The zero-order chi connectivity index (χ0) is 14.4. The molecule has 0 aliphatic heterocycles. The van der Waals surface area contributed by atoms with Crippen LogP contribution in [0.2, 0.25) is 0 Å². The first-order chi connectivity index (χ1) is 8.93. The van der Waals surface area contributed by atoms with Crippen LogP contribution in [0.15, 0.2) is 30.4 Å². The number of esters is 2. The maximum atomic E-state index is 11.7. The number of carbonyl (C=O) groups excluding carboxylic acids is 2. The van der Waals surface area contributed by atoms with Crippen molar-refractivity contribution in [3.05, 3.63) is 35.9 Å². The van der Waals surface area contributed by atoms with E-state index in [9.17, 15) is 9.59 Å². The molecule has 0 amide bonds. The number of ether oxygens (including phenoxy) is 2. The molecule has 19 heavy (non-hydrogen) atoms. The van der Waals surface area contributed by atoms with Gasteiger partial charge < -0.3 is 20.9 Å². The first-order valence-corrected chi connectivity index (χ1v) is 5.62. The molecule has 6 nitrogen and oxygen atoms in total. The molecular formula is C13H16N2O4. The van der Waals surface area contributed by atoms with E-state index >= 15 is 0 Å². The van der Waals surface area contributed by atoms with E-state index in [0.29, 0.717) is 11.4 Å². The lowest BCUT2D eigenvalue weighted by atomic mass is 10.2. The van der Waals surface area contributed by atoms with Crippen LogP contribution in [0.1, 0.15) is 17.3 Å². The molecule has 4 N–H and O–H groups in total. The first kappa shape index (κ1) is 14.6. The van der Waals surface area contributed by atoms with Gasteiger partial charge in [-0.1, -0.05) is 6.58 Å². The molecule has 0 spiro atoms. The number of benzene rings is 1. The van der Waals surface area contributed by atoms with Crippen LogP contribution in [0.25, 0.3) is 0 Å². The predicted octanol–water partition coefficient (Wildman–Crippen LogP) is 1.13. The van der Waals surface area contributed by atoms with Gasteiger partial charge in [-0.05, 0) is 25.1 Å². The van der Waals surface area contributed by atoms with Crippen LogP contribution in [0, 0.1) is 0 Å². The van der Waals surface area contributed by atoms with E-state index in [-0.39, 0.29) is 24.4 Å². The van der Waals surface area contributed by atoms with Crippen molar-refractivity contribution in [1.82, 2.24) is 0 Å². The van der Waals surface area contributed by atoms with Crippen molar-refractivity contribution in [3.8, 4) is 0 Å². The van der Waals surface area contributed by atoms with E-state index in [0.717, 1.165) is 0 Å². The molecule has 0 radical (unpaired) electrons. The standard InChI is InChI=1S/C13H16N2O4/c1-3-18-12(16)8(2)7-19-13(17)9-4-10(14)6-11(15)5-9/h4-6H,2-3,7,14-15H2,1H3. The van der Waals surface area contributed by atoms with Gasteiger partial charge in [0.25, 0.3) is 0 Å². The van der Waals surface area contributed by atoms with Gasteiger partial charge in [-0.3, -0.25) is 0 Å². The summed E-state index contributed by atoms with van der Waals surface area (Å²) in [5, 5.41) is 0. The largest absolute Gasteiger partial charge is 0.463 e. The minimum atomic E-state index is -0.635. The zero-order valence-electron chi connectivity index (χ0n) is 10.6. The highest BCUT2D eigenvalue weighted by molar-refractivity contribution is 5.93. The molecule has 102 valence electrons. The van der Waals surface area contributed by atoms with Crippen molar-refractivity contribution in [2.75, 3.05) is 24.7 Å². The quantitative estimate of drug-likeness (QED) is 0.469. The maximum Gasteiger partial charge on any atom is 0.338 e. The SMILES string of the molecule is C=C(COC(=O)c1cc(N)cc(N)c1)C(=O)OCC. The summed E-state index contributed by atoms with van der Waals surface area (Å²) in [4.78, 5) is 23.0. The fraction of sp³-hybridized carbons (Fsp3) is 0.231. The molecule has 0 aromatic heterocycles. The lowest BCUT2D eigenvalue weighted by Crippen LogP contribution is -2.15. The molecule has 0 bridgehead atoms. The Morgan fingerprint density at radius 2 is 1.74 bits per heavy atom. The van der Waals surface area contributed by atoms with Gasteiger partial charge in [-0.25, -0.2) is 9.59 Å². The number of carbonyl (C=O) groups is 2. The molecule has 0 atom stereocenters. The number of nitrogens with two attached hydrogens (primary N) is 2. The normalized spacial score (nSPS) is 9.74. The van der Waals surface area contributed by atoms with Gasteiger partial charge in [-0.2, -0.15) is 0 Å². The van der Waals surface area contributed by atoms with Crippen molar-refractivity contribution in [1.29, 1.82) is 0 Å². The van der Waals surface area contributed by atoms with E-state index in [1.807, 2.05) is 0 Å². The zero-order valence-corrected chi connectivity index (χ0v) is 10.6. The summed E-state index contributed by atoms with van der Waals surface area (Å²) in [7, 11) is 0. The molecular weight excluding hydrogens is 248 g/mol. The summed E-state index contributed by atoms with van der Waals surface area (Å²) in [5.41, 5.74) is 12.1. The van der Waals surface area contributed by atoms with Crippen molar-refractivity contribution in [2.24, 2.45) is 0 Å². The number of hydrogen-bond acceptors (Lipinski definition) is 6. The van der Waals surface area contributed by atoms with Crippen LogP contribution >= 0.6 is 0 Å². The number of hydrogen-bond donors (Lipinski definition) is 2. The van der Waals surface area contributed by atoms with Gasteiger partial charge in [0.15, 0.2) is 0 Å². The van der Waals surface area contributed by atoms with Crippen molar-refractivity contribution < 1.29 is 19.1 Å². The summed E-state index contributed by atoms with van der Waals surface area (Å²) in [6, 6.07) is 4.39. The number of anilines is 2. The van der Waals surface area contributed by atoms with Crippen LogP contribution in [0.5, 0.6) is 0 Å². The summed E-state index contributed by atoms with van der Waals surface area (Å²) in [5.74, 6) is -1.23. The van der Waals surface area contributed by atoms with Gasteiger partial charge in [0.2, 0.25) is 0 Å². The Morgan fingerprint density at radius 3 is 2.26 bits per heavy atom. The second-order valence-electron chi connectivity index (χ2n) is 3.79. The number of nitrogen functional groups attached to an aromatic ring is 2. The Labute approximate surface area is 111 Å². The monoisotopic (exact) mass is 264 g/mol. The summed E-state index contributed by atoms with van der Waals surface area (Å²) in [6.45, 7) is 5.14.